The van der Waals surface area contributed by atoms with Crippen molar-refractivity contribution in [3.05, 3.63) is 30.0 Å². The molecule has 1 aliphatic rings. The Morgan fingerprint density at radius 3 is 2.83 bits per heavy atom. The van der Waals surface area contributed by atoms with Crippen molar-refractivity contribution in [3.8, 4) is 5.75 Å². The minimum atomic E-state index is -0.294. The lowest BCUT2D eigenvalue weighted by atomic mass is 9.98. The van der Waals surface area contributed by atoms with Crippen LogP contribution in [0.25, 0.3) is 11.0 Å². The first-order valence-electron chi connectivity index (χ1n) is 10.2. The molecule has 2 amide bonds. The summed E-state index contributed by atoms with van der Waals surface area (Å²) in [7, 11) is 3.19. The number of hydrogen-bond acceptors (Lipinski definition) is 6. The molecule has 162 valence electrons. The van der Waals surface area contributed by atoms with E-state index in [0.29, 0.717) is 31.0 Å². The van der Waals surface area contributed by atoms with Crippen LogP contribution in [-0.2, 0) is 25.5 Å². The number of hydrogen-bond donors (Lipinski definition) is 0. The van der Waals surface area contributed by atoms with E-state index in [1.54, 1.807) is 38.3 Å². The van der Waals surface area contributed by atoms with E-state index in [4.69, 9.17) is 13.9 Å². The monoisotopic (exact) mass is 416 g/mol. The largest absolute Gasteiger partial charge is 0.497 e. The molecular weight excluding hydrogens is 388 g/mol. The van der Waals surface area contributed by atoms with Gasteiger partial charge in [-0.2, -0.15) is 0 Å². The second kappa shape index (κ2) is 9.65. The number of furan rings is 1. The Hall–Kier alpha value is -3.03. The van der Waals surface area contributed by atoms with Crippen LogP contribution in [-0.4, -0.2) is 68.0 Å². The number of rotatable bonds is 7. The topological polar surface area (TPSA) is 89.3 Å². The maximum absolute atomic E-state index is 12.7. The fraction of sp³-hybridized carbons (Fsp3) is 0.500. The molecule has 1 aliphatic heterocycles. The number of piperidine rings is 1. The molecule has 1 aromatic carbocycles. The summed E-state index contributed by atoms with van der Waals surface area (Å²) in [5.74, 6) is -0.219. The number of likely N-dealkylation sites (tertiary alicyclic amines) is 1. The highest BCUT2D eigenvalue weighted by atomic mass is 16.5. The van der Waals surface area contributed by atoms with Gasteiger partial charge < -0.3 is 23.7 Å². The lowest BCUT2D eigenvalue weighted by Crippen LogP contribution is -2.47. The van der Waals surface area contributed by atoms with E-state index in [9.17, 15) is 14.4 Å². The predicted molar refractivity (Wildman–Crippen MR) is 110 cm³/mol. The lowest BCUT2D eigenvalue weighted by molar-refractivity contribution is -0.152. The predicted octanol–water partition coefficient (Wildman–Crippen LogP) is 2.24. The summed E-state index contributed by atoms with van der Waals surface area (Å²) in [6, 6.07) is 5.44. The molecule has 0 spiro atoms. The van der Waals surface area contributed by atoms with Crippen molar-refractivity contribution in [2.45, 2.75) is 26.2 Å². The third kappa shape index (κ3) is 4.93. The Labute approximate surface area is 175 Å². The molecule has 8 nitrogen and oxygen atoms in total. The van der Waals surface area contributed by atoms with Gasteiger partial charge in [-0.1, -0.05) is 0 Å². The average molecular weight is 416 g/mol. The lowest BCUT2D eigenvalue weighted by Gasteiger charge is -2.32. The van der Waals surface area contributed by atoms with Gasteiger partial charge in [0.05, 0.1) is 38.9 Å². The van der Waals surface area contributed by atoms with E-state index in [1.165, 1.54) is 4.90 Å². The summed E-state index contributed by atoms with van der Waals surface area (Å²) in [6.45, 7) is 3.00. The van der Waals surface area contributed by atoms with Gasteiger partial charge in [-0.05, 0) is 31.9 Å². The Kier molecular flexibility index (Phi) is 6.97. The van der Waals surface area contributed by atoms with Gasteiger partial charge in [-0.15, -0.1) is 0 Å². The van der Waals surface area contributed by atoms with Crippen molar-refractivity contribution in [1.82, 2.24) is 9.80 Å². The van der Waals surface area contributed by atoms with E-state index in [2.05, 4.69) is 0 Å². The van der Waals surface area contributed by atoms with Crippen LogP contribution < -0.4 is 4.74 Å². The zero-order valence-electron chi connectivity index (χ0n) is 17.7. The minimum Gasteiger partial charge on any atom is -0.497 e. The fourth-order valence-electron chi connectivity index (χ4n) is 3.67. The third-order valence-electron chi connectivity index (χ3n) is 5.40. The Morgan fingerprint density at radius 2 is 2.10 bits per heavy atom. The quantitative estimate of drug-likeness (QED) is 0.643. The molecule has 0 bridgehead atoms. The highest BCUT2D eigenvalue weighted by Gasteiger charge is 2.30. The number of nitrogens with zero attached hydrogens (tertiary/aromatic N) is 2. The maximum Gasteiger partial charge on any atom is 0.310 e. The van der Waals surface area contributed by atoms with Gasteiger partial charge in [-0.25, -0.2) is 0 Å². The van der Waals surface area contributed by atoms with Gasteiger partial charge in [0.25, 0.3) is 0 Å². The number of ether oxygens (including phenoxy) is 2. The van der Waals surface area contributed by atoms with E-state index < -0.39 is 0 Å². The van der Waals surface area contributed by atoms with Gasteiger partial charge in [0.1, 0.15) is 11.3 Å². The third-order valence-corrected chi connectivity index (χ3v) is 5.40. The van der Waals surface area contributed by atoms with Crippen LogP contribution in [0.4, 0.5) is 0 Å². The molecule has 3 rings (SSSR count). The van der Waals surface area contributed by atoms with Crippen LogP contribution in [0.1, 0.15) is 25.3 Å². The fourth-order valence-corrected chi connectivity index (χ4v) is 3.67. The zero-order valence-corrected chi connectivity index (χ0v) is 17.7. The number of carbonyl (C=O) groups excluding carboxylic acids is 3. The van der Waals surface area contributed by atoms with Crippen LogP contribution >= 0.6 is 0 Å². The number of methoxy groups -OCH3 is 1. The molecule has 0 N–H and O–H groups in total. The van der Waals surface area contributed by atoms with E-state index in [1.807, 2.05) is 12.1 Å². The minimum absolute atomic E-state index is 0.0298. The van der Waals surface area contributed by atoms with Crippen molar-refractivity contribution in [3.63, 3.8) is 0 Å². The highest BCUT2D eigenvalue weighted by Crippen LogP contribution is 2.26. The Balaban J connectivity index is 1.57. The smallest absolute Gasteiger partial charge is 0.310 e. The van der Waals surface area contributed by atoms with Crippen molar-refractivity contribution in [2.24, 2.45) is 5.92 Å². The number of esters is 1. The zero-order chi connectivity index (χ0) is 21.7. The van der Waals surface area contributed by atoms with E-state index in [-0.39, 0.29) is 36.7 Å². The summed E-state index contributed by atoms with van der Waals surface area (Å²) < 4.78 is 15.8. The van der Waals surface area contributed by atoms with Crippen LogP contribution in [0.5, 0.6) is 5.75 Å². The van der Waals surface area contributed by atoms with Crippen LogP contribution in [0.15, 0.2) is 28.9 Å². The van der Waals surface area contributed by atoms with Crippen LogP contribution in [0, 0.1) is 5.92 Å². The summed E-state index contributed by atoms with van der Waals surface area (Å²) in [5.41, 5.74) is 1.41. The van der Waals surface area contributed by atoms with Crippen LogP contribution in [0.3, 0.4) is 0 Å². The van der Waals surface area contributed by atoms with Gasteiger partial charge >= 0.3 is 5.97 Å². The standard InChI is InChI=1S/C22H28N2O6/c1-4-29-22(27)15-6-5-9-24(12-15)21(26)13-23(2)20(25)10-16-14-30-19-11-17(28-3)7-8-18(16)19/h7-8,11,14-15H,4-6,9-10,12-13H2,1-3H3. The molecule has 1 saturated heterocycles. The molecule has 1 fully saturated rings. The normalized spacial score (nSPS) is 16.4. The van der Waals surface area contributed by atoms with Gasteiger partial charge in [0.2, 0.25) is 11.8 Å². The first kappa shape index (κ1) is 21.7. The van der Waals surface area contributed by atoms with Gasteiger partial charge in [0.15, 0.2) is 0 Å². The SMILES string of the molecule is CCOC(=O)C1CCCN(C(=O)CN(C)C(=O)Cc2coc3cc(OC)ccc23)C1. The van der Waals surface area contributed by atoms with E-state index >= 15 is 0 Å². The summed E-state index contributed by atoms with van der Waals surface area (Å²) in [4.78, 5) is 40.4. The molecular formula is C22H28N2O6. The van der Waals surface area contributed by atoms with Crippen molar-refractivity contribution in [1.29, 1.82) is 0 Å². The molecule has 8 heteroatoms. The molecule has 2 heterocycles. The molecule has 1 atom stereocenters. The first-order valence-corrected chi connectivity index (χ1v) is 10.2. The molecule has 1 unspecified atom stereocenters. The van der Waals surface area contributed by atoms with Gasteiger partial charge in [-0.3, -0.25) is 14.4 Å². The summed E-state index contributed by atoms with van der Waals surface area (Å²) in [6.07, 6.45) is 3.16. The number of likely N-dealkylation sites (N-methyl/N-ethyl adjacent to an activating group) is 1. The number of fused-ring (bicyclic) bond motifs is 1. The molecule has 2 aromatic rings. The Morgan fingerprint density at radius 1 is 1.30 bits per heavy atom. The van der Waals surface area contributed by atoms with Gasteiger partial charge in [0, 0.05) is 37.2 Å². The van der Waals surface area contributed by atoms with Crippen LogP contribution in [0.2, 0.25) is 0 Å². The van der Waals surface area contributed by atoms with E-state index in [0.717, 1.165) is 23.8 Å². The molecule has 0 aliphatic carbocycles. The molecule has 30 heavy (non-hydrogen) atoms. The molecule has 0 radical (unpaired) electrons. The molecule has 0 saturated carbocycles. The number of benzene rings is 1. The highest BCUT2D eigenvalue weighted by molar-refractivity contribution is 5.90. The second-order valence-electron chi connectivity index (χ2n) is 7.48. The number of amides is 2. The average Bonchev–Trinajstić information content (AvgIpc) is 3.15. The first-order chi connectivity index (χ1) is 14.4. The summed E-state index contributed by atoms with van der Waals surface area (Å²) >= 11 is 0. The maximum atomic E-state index is 12.7. The second-order valence-corrected chi connectivity index (χ2v) is 7.48. The Bertz CT molecular complexity index is 921. The van der Waals surface area contributed by atoms with Crippen molar-refractivity contribution >= 4 is 28.8 Å². The summed E-state index contributed by atoms with van der Waals surface area (Å²) in [5, 5.41) is 0.845. The molecule has 1 aromatic heterocycles. The number of carbonyl (C=O) groups is 3. The van der Waals surface area contributed by atoms with Crippen molar-refractivity contribution in [2.75, 3.05) is 40.4 Å². The van der Waals surface area contributed by atoms with Crippen molar-refractivity contribution < 1.29 is 28.3 Å².